The van der Waals surface area contributed by atoms with Crippen molar-refractivity contribution in [2.24, 2.45) is 22.7 Å². The molecule has 4 aliphatic rings. The summed E-state index contributed by atoms with van der Waals surface area (Å²) in [6.07, 6.45) is 1.06. The third kappa shape index (κ3) is 4.78. The molecule has 12 nitrogen and oxygen atoms in total. The van der Waals surface area contributed by atoms with Crippen LogP contribution in [0.3, 0.4) is 0 Å². The van der Waals surface area contributed by atoms with E-state index in [2.05, 4.69) is 0 Å². The summed E-state index contributed by atoms with van der Waals surface area (Å²) in [5.41, 5.74) is 0.706. The topological polar surface area (TPSA) is 135 Å². The number of nitrogens with zero attached hydrogens (tertiary/aromatic N) is 4. The summed E-state index contributed by atoms with van der Waals surface area (Å²) in [7, 11) is 1.19. The van der Waals surface area contributed by atoms with Crippen molar-refractivity contribution in [1.29, 1.82) is 0 Å². The molecule has 43 heavy (non-hydrogen) atoms. The number of carbonyl (C=O) groups excluding carboxylic acids is 5. The fraction of sp³-hybridized carbons (Fsp3) is 0.484. The van der Waals surface area contributed by atoms with Gasteiger partial charge in [0, 0.05) is 24.6 Å². The van der Waals surface area contributed by atoms with Crippen LogP contribution in [0.1, 0.15) is 46.1 Å². The van der Waals surface area contributed by atoms with Crippen LogP contribution in [0.15, 0.2) is 58.4 Å². The Bertz CT molecular complexity index is 1450. The van der Waals surface area contributed by atoms with E-state index >= 15 is 0 Å². The van der Waals surface area contributed by atoms with Crippen molar-refractivity contribution in [3.8, 4) is 0 Å². The van der Waals surface area contributed by atoms with Crippen LogP contribution in [0.5, 0.6) is 0 Å². The molecule has 2 saturated heterocycles. The first kappa shape index (κ1) is 30.0. The summed E-state index contributed by atoms with van der Waals surface area (Å²) in [6, 6.07) is 9.40. The van der Waals surface area contributed by atoms with Crippen LogP contribution in [-0.4, -0.2) is 82.9 Å². The number of cyclic esters (lactones) is 1. The van der Waals surface area contributed by atoms with Gasteiger partial charge < -0.3 is 19.1 Å². The third-order valence-electron chi connectivity index (χ3n) is 8.86. The van der Waals surface area contributed by atoms with Gasteiger partial charge in [-0.1, -0.05) is 43.3 Å². The van der Waals surface area contributed by atoms with E-state index in [-0.39, 0.29) is 24.7 Å². The molecule has 1 aromatic rings. The summed E-state index contributed by atoms with van der Waals surface area (Å²) in [6.45, 7) is 7.72. The Labute approximate surface area is 249 Å². The fourth-order valence-electron chi connectivity index (χ4n) is 6.70. The first-order valence-corrected chi connectivity index (χ1v) is 14.5. The van der Waals surface area contributed by atoms with Gasteiger partial charge in [-0.25, -0.2) is 19.5 Å². The second-order valence-electron chi connectivity index (χ2n) is 11.0. The summed E-state index contributed by atoms with van der Waals surface area (Å²) in [4.78, 5) is 74.9. The number of ether oxygens (including phenoxy) is 3. The quantitative estimate of drug-likeness (QED) is 0.254. The van der Waals surface area contributed by atoms with Crippen LogP contribution < -0.4 is 0 Å². The molecule has 0 bridgehead atoms. The number of hydrogen-bond acceptors (Lipinski definition) is 9. The number of allylic oxidation sites excluding steroid dienone is 2. The minimum Gasteiger partial charge on any atom is -0.468 e. The molecule has 3 heterocycles. The molecule has 0 aromatic heterocycles. The van der Waals surface area contributed by atoms with Gasteiger partial charge in [-0.3, -0.25) is 19.3 Å². The van der Waals surface area contributed by atoms with Crippen molar-refractivity contribution in [3.05, 3.63) is 59.0 Å². The lowest BCUT2D eigenvalue weighted by molar-refractivity contribution is -0.151. The Morgan fingerprint density at radius 2 is 1.79 bits per heavy atom. The smallest absolute Gasteiger partial charge is 0.424 e. The second-order valence-corrected chi connectivity index (χ2v) is 11.0. The predicted octanol–water partition coefficient (Wildman–Crippen LogP) is 3.63. The molecule has 4 atom stereocenters. The van der Waals surface area contributed by atoms with Gasteiger partial charge >= 0.3 is 18.2 Å². The Morgan fingerprint density at radius 3 is 2.42 bits per heavy atom. The van der Waals surface area contributed by atoms with Gasteiger partial charge in [-0.2, -0.15) is 0 Å². The summed E-state index contributed by atoms with van der Waals surface area (Å²) in [5, 5.41) is 0. The first-order valence-electron chi connectivity index (χ1n) is 14.5. The lowest BCUT2D eigenvalue weighted by atomic mass is 9.61. The minimum atomic E-state index is -1.42. The van der Waals surface area contributed by atoms with Gasteiger partial charge in [0.15, 0.2) is 0 Å². The van der Waals surface area contributed by atoms with Gasteiger partial charge in [0.05, 0.1) is 25.5 Å². The van der Waals surface area contributed by atoms with Crippen molar-refractivity contribution < 1.29 is 38.2 Å². The Kier molecular flexibility index (Phi) is 8.13. The average Bonchev–Trinajstić information content (AvgIpc) is 3.41. The first-order chi connectivity index (χ1) is 20.6. The molecular weight excluding hydrogens is 556 g/mol. The fourth-order valence-corrected chi connectivity index (χ4v) is 6.70. The van der Waals surface area contributed by atoms with Crippen molar-refractivity contribution in [3.63, 3.8) is 0 Å². The average molecular weight is 593 g/mol. The number of carbonyl (C=O) groups is 5. The Balaban J connectivity index is 1.67. The largest absolute Gasteiger partial charge is 0.468 e. The molecular formula is C31H36N4O8. The van der Waals surface area contributed by atoms with Gasteiger partial charge in [0.1, 0.15) is 12.1 Å². The normalized spacial score (nSPS) is 27.0. The van der Waals surface area contributed by atoms with Gasteiger partial charge in [0.25, 0.3) is 0 Å². The molecule has 4 amide bonds. The molecule has 0 radical (unpaired) electrons. The van der Waals surface area contributed by atoms with Crippen LogP contribution in [0.4, 0.5) is 9.59 Å². The van der Waals surface area contributed by atoms with E-state index in [1.807, 2.05) is 57.2 Å². The van der Waals surface area contributed by atoms with Crippen molar-refractivity contribution in [1.82, 2.24) is 14.7 Å². The van der Waals surface area contributed by atoms with E-state index in [4.69, 9.17) is 19.2 Å². The number of fused-ring (bicyclic) bond motifs is 5. The molecule has 3 unspecified atom stereocenters. The van der Waals surface area contributed by atoms with Gasteiger partial charge in [-0.05, 0) is 44.7 Å². The standard InChI is InChI=1S/C31H36N4O8/c1-6-19-20-14-15-21-23(26(38)34(25(21)37)17-22(36)41-5)24(20)31(4)28(32-16-18-12-10-9-11-13-18)43-30(40)35(31)27(19)42-29(39)33(7-2)8-3/h9-14,21,23-24H,6-8,15-17H2,1-5H3/t21?,23?,24?,31-/m0/s1. The highest BCUT2D eigenvalue weighted by Gasteiger charge is 2.68. The molecule has 1 aromatic carbocycles. The van der Waals surface area contributed by atoms with E-state index in [0.717, 1.165) is 10.5 Å². The third-order valence-corrected chi connectivity index (χ3v) is 8.86. The van der Waals surface area contributed by atoms with Crippen molar-refractivity contribution in [2.45, 2.75) is 52.6 Å². The number of imide groups is 1. The lowest BCUT2D eigenvalue weighted by Gasteiger charge is -2.49. The Morgan fingerprint density at radius 1 is 1.09 bits per heavy atom. The summed E-state index contributed by atoms with van der Waals surface area (Å²) < 4.78 is 16.5. The molecule has 5 rings (SSSR count). The lowest BCUT2D eigenvalue weighted by Crippen LogP contribution is -2.60. The molecule has 228 valence electrons. The monoisotopic (exact) mass is 592 g/mol. The van der Waals surface area contributed by atoms with Crippen LogP contribution in [0.2, 0.25) is 0 Å². The van der Waals surface area contributed by atoms with Crippen molar-refractivity contribution in [2.75, 3.05) is 26.7 Å². The van der Waals surface area contributed by atoms with E-state index in [9.17, 15) is 24.0 Å². The van der Waals surface area contributed by atoms with Crippen LogP contribution >= 0.6 is 0 Å². The van der Waals surface area contributed by atoms with Crippen LogP contribution in [0.25, 0.3) is 0 Å². The molecule has 3 aliphatic heterocycles. The number of amides is 4. The zero-order valence-corrected chi connectivity index (χ0v) is 25.0. The maximum absolute atomic E-state index is 14.0. The van der Waals surface area contributed by atoms with Crippen molar-refractivity contribution >= 4 is 35.9 Å². The number of benzene rings is 1. The minimum absolute atomic E-state index is 0.0287. The summed E-state index contributed by atoms with van der Waals surface area (Å²) in [5.74, 6) is -4.07. The van der Waals surface area contributed by atoms with E-state index in [0.29, 0.717) is 30.7 Å². The predicted molar refractivity (Wildman–Crippen MR) is 153 cm³/mol. The molecule has 2 fully saturated rings. The number of aliphatic imine (C=N–C) groups is 1. The van der Waals surface area contributed by atoms with Crippen LogP contribution in [-0.2, 0) is 35.1 Å². The molecule has 1 aliphatic carbocycles. The van der Waals surface area contributed by atoms with Gasteiger partial charge in [-0.15, -0.1) is 0 Å². The molecule has 12 heteroatoms. The van der Waals surface area contributed by atoms with Crippen LogP contribution in [0, 0.1) is 17.8 Å². The number of likely N-dealkylation sites (tertiary alicyclic amines) is 1. The maximum Gasteiger partial charge on any atom is 0.424 e. The zero-order valence-electron chi connectivity index (χ0n) is 25.0. The number of esters is 1. The van der Waals surface area contributed by atoms with E-state index in [1.165, 1.54) is 16.9 Å². The second kappa shape index (κ2) is 11.7. The number of rotatable bonds is 8. The number of hydrogen-bond donors (Lipinski definition) is 0. The highest BCUT2D eigenvalue weighted by Crippen LogP contribution is 2.56. The zero-order chi connectivity index (χ0) is 31.1. The molecule has 0 N–H and O–H groups in total. The Hall–Kier alpha value is -4.48. The van der Waals surface area contributed by atoms with E-state index < -0.39 is 59.8 Å². The highest BCUT2D eigenvalue weighted by atomic mass is 16.6. The maximum atomic E-state index is 14.0. The molecule has 0 saturated carbocycles. The number of methoxy groups -OCH3 is 1. The van der Waals surface area contributed by atoms with Gasteiger partial charge in [0.2, 0.25) is 23.6 Å². The van der Waals surface area contributed by atoms with E-state index in [1.54, 1.807) is 6.92 Å². The molecule has 0 spiro atoms. The SMILES string of the molecule is CCC1=C(OC(=O)N(CC)CC)N2C(=O)OC(=NCc3ccccc3)[C@]2(C)C2C1=CCC1C(=O)N(CC(=O)OC)C(=O)C12. The summed E-state index contributed by atoms with van der Waals surface area (Å²) >= 11 is 0. The highest BCUT2D eigenvalue weighted by molar-refractivity contribution is 6.10.